The molecule has 106 valence electrons. The van der Waals surface area contributed by atoms with Crippen molar-refractivity contribution in [3.63, 3.8) is 0 Å². The highest BCUT2D eigenvalue weighted by molar-refractivity contribution is 5.49. The van der Waals surface area contributed by atoms with Crippen LogP contribution in [-0.4, -0.2) is 31.2 Å². The molecular weight excluding hydrogens is 264 g/mol. The number of hydrogen-bond acceptors (Lipinski definition) is 5. The fourth-order valence-corrected chi connectivity index (χ4v) is 2.46. The van der Waals surface area contributed by atoms with Crippen molar-refractivity contribution in [2.24, 2.45) is 0 Å². The van der Waals surface area contributed by atoms with Crippen molar-refractivity contribution >= 4 is 17.3 Å². The number of piperazine rings is 1. The molecule has 6 nitrogen and oxygen atoms in total. The third-order valence-electron chi connectivity index (χ3n) is 3.67. The molecule has 0 aromatic carbocycles. The quantitative estimate of drug-likeness (QED) is 0.875. The van der Waals surface area contributed by atoms with E-state index in [-0.39, 0.29) is 0 Å². The molecule has 0 spiro atoms. The zero-order chi connectivity index (χ0) is 14.7. The summed E-state index contributed by atoms with van der Waals surface area (Å²) in [5.74, 6) is 1.59. The zero-order valence-corrected chi connectivity index (χ0v) is 11.7. The maximum atomic E-state index is 8.80. The Morgan fingerprint density at radius 2 is 1.86 bits per heavy atom. The fraction of sp³-hybridized carbons (Fsp3) is 0.267. The van der Waals surface area contributed by atoms with Gasteiger partial charge in [-0.1, -0.05) is 0 Å². The fourth-order valence-electron chi connectivity index (χ4n) is 2.46. The van der Waals surface area contributed by atoms with Crippen molar-refractivity contribution in [3.8, 4) is 6.07 Å². The summed E-state index contributed by atoms with van der Waals surface area (Å²) in [4.78, 5) is 11.9. The van der Waals surface area contributed by atoms with Gasteiger partial charge in [-0.2, -0.15) is 5.26 Å². The van der Waals surface area contributed by atoms with Crippen molar-refractivity contribution < 1.29 is 4.98 Å². The summed E-state index contributed by atoms with van der Waals surface area (Å²) < 4.78 is 0. The summed E-state index contributed by atoms with van der Waals surface area (Å²) in [6.07, 6.45) is 3.56. The minimum absolute atomic E-state index is 0.592. The van der Waals surface area contributed by atoms with Crippen molar-refractivity contribution in [3.05, 3.63) is 42.2 Å². The topological polar surface area (TPSA) is 83.3 Å². The molecule has 0 saturated carbocycles. The maximum absolute atomic E-state index is 8.80. The van der Waals surface area contributed by atoms with E-state index in [1.807, 2.05) is 30.5 Å². The lowest BCUT2D eigenvalue weighted by molar-refractivity contribution is -0.359. The molecule has 0 aliphatic carbocycles. The van der Waals surface area contributed by atoms with Crippen LogP contribution in [-0.2, 0) is 0 Å². The van der Waals surface area contributed by atoms with E-state index in [9.17, 15) is 0 Å². The van der Waals surface area contributed by atoms with Gasteiger partial charge in [0.1, 0.15) is 18.1 Å². The van der Waals surface area contributed by atoms with Crippen LogP contribution in [0.4, 0.5) is 17.3 Å². The summed E-state index contributed by atoms with van der Waals surface area (Å²) in [6, 6.07) is 9.71. The summed E-state index contributed by atoms with van der Waals surface area (Å²) in [6.45, 7) is 3.67. The van der Waals surface area contributed by atoms with E-state index in [1.165, 1.54) is 0 Å². The molecule has 21 heavy (non-hydrogen) atoms. The molecule has 1 aliphatic heterocycles. The first-order valence-corrected chi connectivity index (χ1v) is 6.89. The second-order valence-corrected chi connectivity index (χ2v) is 4.99. The van der Waals surface area contributed by atoms with Gasteiger partial charge in [0.25, 0.3) is 5.82 Å². The van der Waals surface area contributed by atoms with Gasteiger partial charge in [0.2, 0.25) is 0 Å². The highest BCUT2D eigenvalue weighted by Crippen LogP contribution is 2.18. The average Bonchev–Trinajstić information content (AvgIpc) is 2.56. The third kappa shape index (κ3) is 2.87. The Morgan fingerprint density at radius 1 is 1.10 bits per heavy atom. The van der Waals surface area contributed by atoms with Crippen LogP contribution in [0.25, 0.3) is 0 Å². The molecule has 0 unspecified atom stereocenters. The number of rotatable bonds is 2. The number of nitrogens with two attached hydrogens (primary N) is 1. The molecule has 1 saturated heterocycles. The van der Waals surface area contributed by atoms with E-state index in [4.69, 9.17) is 11.0 Å². The molecule has 6 heteroatoms. The highest BCUT2D eigenvalue weighted by Gasteiger charge is 2.18. The lowest BCUT2D eigenvalue weighted by Crippen LogP contribution is -2.47. The molecule has 0 atom stereocenters. The van der Waals surface area contributed by atoms with Gasteiger partial charge in [-0.05, 0) is 18.2 Å². The number of hydrogen-bond donors (Lipinski definition) is 1. The number of pyridine rings is 2. The average molecular weight is 281 g/mol. The summed E-state index contributed by atoms with van der Waals surface area (Å²) in [5, 5.41) is 8.80. The number of anilines is 3. The second-order valence-electron chi connectivity index (χ2n) is 4.99. The first kappa shape index (κ1) is 13.2. The monoisotopic (exact) mass is 281 g/mol. The predicted octanol–water partition coefficient (Wildman–Crippen LogP) is 0.676. The van der Waals surface area contributed by atoms with Crippen molar-refractivity contribution in [2.75, 3.05) is 41.7 Å². The summed E-state index contributed by atoms with van der Waals surface area (Å²) in [5.41, 5.74) is 7.41. The first-order valence-electron chi connectivity index (χ1n) is 6.89. The van der Waals surface area contributed by atoms with Crippen LogP contribution in [0.15, 0.2) is 36.7 Å². The number of nitriles is 1. The first-order chi connectivity index (χ1) is 10.3. The van der Waals surface area contributed by atoms with Crippen LogP contribution in [0, 0.1) is 11.3 Å². The van der Waals surface area contributed by atoms with E-state index in [1.54, 1.807) is 6.20 Å². The molecule has 0 radical (unpaired) electrons. The van der Waals surface area contributed by atoms with E-state index < -0.39 is 0 Å². The Kier molecular flexibility index (Phi) is 3.56. The van der Waals surface area contributed by atoms with Gasteiger partial charge in [-0.15, -0.1) is 0 Å². The Bertz CT molecular complexity index is 635. The Balaban J connectivity index is 1.64. The van der Waals surface area contributed by atoms with E-state index in [2.05, 4.69) is 25.8 Å². The number of nitrogens with one attached hydrogen (secondary N) is 1. The van der Waals surface area contributed by atoms with Gasteiger partial charge in [0.05, 0.1) is 11.3 Å². The molecule has 1 aliphatic rings. The van der Waals surface area contributed by atoms with Crippen LogP contribution in [0.3, 0.4) is 0 Å². The number of nitrogen functional groups attached to an aromatic ring is 1. The minimum atomic E-state index is 0.592. The normalized spacial score (nSPS) is 14.8. The lowest BCUT2D eigenvalue weighted by Gasteiger charge is -2.36. The Hall–Kier alpha value is -2.81. The molecule has 2 aromatic heterocycles. The van der Waals surface area contributed by atoms with Crippen LogP contribution < -0.4 is 20.5 Å². The summed E-state index contributed by atoms with van der Waals surface area (Å²) >= 11 is 0. The lowest BCUT2D eigenvalue weighted by atomic mass is 10.2. The maximum Gasteiger partial charge on any atom is 0.270 e. The zero-order valence-electron chi connectivity index (χ0n) is 11.7. The van der Waals surface area contributed by atoms with Crippen LogP contribution in [0.1, 0.15) is 5.56 Å². The van der Waals surface area contributed by atoms with Gasteiger partial charge >= 0.3 is 0 Å². The van der Waals surface area contributed by atoms with E-state index >= 15 is 0 Å². The molecule has 0 amide bonds. The van der Waals surface area contributed by atoms with Crippen molar-refractivity contribution in [2.45, 2.75) is 0 Å². The van der Waals surface area contributed by atoms with Gasteiger partial charge in [0, 0.05) is 38.4 Å². The van der Waals surface area contributed by atoms with E-state index in [0.29, 0.717) is 11.4 Å². The Labute approximate surface area is 123 Å². The van der Waals surface area contributed by atoms with Gasteiger partial charge < -0.3 is 9.80 Å². The standard InChI is InChI=1S/C15H16N6/c16-9-12-1-4-15(19-10-12)21-7-5-20(6-8-21)13-2-3-14(17)18-11-13/h1-4,10-11H,5-8H2,(H2,17,18)/p+1. The second kappa shape index (κ2) is 5.67. The molecule has 0 bridgehead atoms. The van der Waals surface area contributed by atoms with Crippen molar-refractivity contribution in [1.82, 2.24) is 4.98 Å². The SMILES string of the molecule is N#Cc1ccc(N2CCN(c3ccc(N)[nH+]c3)CC2)nc1. The van der Waals surface area contributed by atoms with Crippen LogP contribution >= 0.6 is 0 Å². The summed E-state index contributed by atoms with van der Waals surface area (Å²) in [7, 11) is 0. The molecule has 3 heterocycles. The molecule has 1 fully saturated rings. The van der Waals surface area contributed by atoms with Gasteiger partial charge in [-0.25, -0.2) is 9.97 Å². The number of nitrogens with zero attached hydrogens (tertiary/aromatic N) is 4. The van der Waals surface area contributed by atoms with Crippen LogP contribution in [0.2, 0.25) is 0 Å². The Morgan fingerprint density at radius 3 is 2.43 bits per heavy atom. The molecule has 3 N–H and O–H groups in total. The smallest absolute Gasteiger partial charge is 0.270 e. The number of aromatic nitrogens is 2. The van der Waals surface area contributed by atoms with Gasteiger partial charge in [-0.3, -0.25) is 5.73 Å². The van der Waals surface area contributed by atoms with Crippen molar-refractivity contribution in [1.29, 1.82) is 5.26 Å². The molecular formula is C15H17N6+. The molecule has 3 rings (SSSR count). The molecule has 2 aromatic rings. The third-order valence-corrected chi connectivity index (χ3v) is 3.67. The minimum Gasteiger partial charge on any atom is -0.365 e. The predicted molar refractivity (Wildman–Crippen MR) is 80.8 cm³/mol. The van der Waals surface area contributed by atoms with Gasteiger partial charge in [0.15, 0.2) is 0 Å². The largest absolute Gasteiger partial charge is 0.365 e. The van der Waals surface area contributed by atoms with Crippen LogP contribution in [0.5, 0.6) is 0 Å². The number of H-pyrrole nitrogens is 1. The van der Waals surface area contributed by atoms with E-state index in [0.717, 1.165) is 37.7 Å². The highest BCUT2D eigenvalue weighted by atomic mass is 15.3. The number of aromatic amines is 1.